The molecular weight excluding hydrogens is 234 g/mol. The first-order valence-corrected chi connectivity index (χ1v) is 5.88. The molecule has 1 heterocycles. The first kappa shape index (κ1) is 14.2. The van der Waals surface area contributed by atoms with Crippen molar-refractivity contribution >= 4 is 11.9 Å². The predicted molar refractivity (Wildman–Crippen MR) is 66.3 cm³/mol. The van der Waals surface area contributed by atoms with E-state index in [0.717, 1.165) is 17.0 Å². The van der Waals surface area contributed by atoms with Crippen molar-refractivity contribution in [3.05, 3.63) is 17.0 Å². The summed E-state index contributed by atoms with van der Waals surface area (Å²) in [6, 6.07) is 0. The monoisotopic (exact) mass is 253 g/mol. The van der Waals surface area contributed by atoms with E-state index in [2.05, 4.69) is 10.2 Å². The summed E-state index contributed by atoms with van der Waals surface area (Å²) in [5.41, 5.74) is 2.96. The molecule has 0 saturated carbocycles. The third kappa shape index (κ3) is 3.87. The molecule has 2 N–H and O–H groups in total. The Morgan fingerprint density at radius 2 is 2.00 bits per heavy atom. The van der Waals surface area contributed by atoms with Gasteiger partial charge < -0.3 is 10.0 Å². The van der Waals surface area contributed by atoms with Crippen molar-refractivity contribution in [1.82, 2.24) is 15.1 Å². The van der Waals surface area contributed by atoms with E-state index >= 15 is 0 Å². The SMILES string of the molecule is Cc1n[nH]c(C)c1CCC(=O)N(C)CCC(=O)O. The maximum absolute atomic E-state index is 11.8. The molecule has 0 saturated heterocycles. The summed E-state index contributed by atoms with van der Waals surface area (Å²) in [5.74, 6) is -0.938. The highest BCUT2D eigenvalue weighted by atomic mass is 16.4. The van der Waals surface area contributed by atoms with E-state index in [4.69, 9.17) is 5.11 Å². The van der Waals surface area contributed by atoms with Crippen LogP contribution in [0.2, 0.25) is 0 Å². The second kappa shape index (κ2) is 6.18. The van der Waals surface area contributed by atoms with Gasteiger partial charge in [0.05, 0.1) is 12.1 Å². The second-order valence-corrected chi connectivity index (χ2v) is 4.37. The van der Waals surface area contributed by atoms with Gasteiger partial charge >= 0.3 is 5.97 Å². The number of aliphatic carboxylic acids is 1. The smallest absolute Gasteiger partial charge is 0.305 e. The number of nitrogens with zero attached hydrogens (tertiary/aromatic N) is 2. The molecule has 100 valence electrons. The quantitative estimate of drug-likeness (QED) is 0.788. The standard InChI is InChI=1S/C12H19N3O3/c1-8-10(9(2)14-13-8)4-5-11(16)15(3)7-6-12(17)18/h4-7H2,1-3H3,(H,13,14)(H,17,18). The Morgan fingerprint density at radius 1 is 1.33 bits per heavy atom. The van der Waals surface area contributed by atoms with E-state index in [0.29, 0.717) is 12.8 Å². The number of carbonyl (C=O) groups excluding carboxylic acids is 1. The number of H-pyrrole nitrogens is 1. The Bertz CT molecular complexity index is 420. The third-order valence-corrected chi connectivity index (χ3v) is 2.96. The number of hydrogen-bond donors (Lipinski definition) is 2. The Morgan fingerprint density at radius 3 is 2.50 bits per heavy atom. The fourth-order valence-corrected chi connectivity index (χ4v) is 1.75. The van der Waals surface area contributed by atoms with Gasteiger partial charge in [0.25, 0.3) is 0 Å². The van der Waals surface area contributed by atoms with Gasteiger partial charge in [-0.05, 0) is 25.8 Å². The molecule has 1 rings (SSSR count). The van der Waals surface area contributed by atoms with Crippen LogP contribution in [-0.2, 0) is 16.0 Å². The molecule has 0 fully saturated rings. The molecule has 1 aromatic rings. The first-order valence-electron chi connectivity index (χ1n) is 5.88. The van der Waals surface area contributed by atoms with Crippen LogP contribution in [-0.4, -0.2) is 45.7 Å². The Labute approximate surface area is 106 Å². The number of nitrogens with one attached hydrogen (secondary N) is 1. The molecule has 0 atom stereocenters. The molecule has 18 heavy (non-hydrogen) atoms. The molecule has 6 heteroatoms. The van der Waals surface area contributed by atoms with Gasteiger partial charge in [0.1, 0.15) is 0 Å². The van der Waals surface area contributed by atoms with Crippen molar-refractivity contribution in [3.63, 3.8) is 0 Å². The maximum Gasteiger partial charge on any atom is 0.305 e. The molecule has 6 nitrogen and oxygen atoms in total. The summed E-state index contributed by atoms with van der Waals surface area (Å²) in [4.78, 5) is 23.6. The van der Waals surface area contributed by atoms with Crippen LogP contribution in [0.4, 0.5) is 0 Å². The summed E-state index contributed by atoms with van der Waals surface area (Å²) < 4.78 is 0. The average Bonchev–Trinajstić information content (AvgIpc) is 2.63. The van der Waals surface area contributed by atoms with Crippen molar-refractivity contribution in [2.75, 3.05) is 13.6 Å². The van der Waals surface area contributed by atoms with Crippen LogP contribution in [0, 0.1) is 13.8 Å². The fourth-order valence-electron chi connectivity index (χ4n) is 1.75. The van der Waals surface area contributed by atoms with Gasteiger partial charge in [0.15, 0.2) is 0 Å². The van der Waals surface area contributed by atoms with Crippen LogP contribution < -0.4 is 0 Å². The van der Waals surface area contributed by atoms with E-state index in [9.17, 15) is 9.59 Å². The minimum atomic E-state index is -0.892. The molecular formula is C12H19N3O3. The van der Waals surface area contributed by atoms with Gasteiger partial charge in [-0.1, -0.05) is 0 Å². The van der Waals surface area contributed by atoms with E-state index in [1.54, 1.807) is 7.05 Å². The van der Waals surface area contributed by atoms with Gasteiger partial charge in [-0.2, -0.15) is 5.10 Å². The van der Waals surface area contributed by atoms with Crippen LogP contribution in [0.1, 0.15) is 29.8 Å². The number of aromatic nitrogens is 2. The zero-order valence-electron chi connectivity index (χ0n) is 11.0. The highest BCUT2D eigenvalue weighted by Gasteiger charge is 2.13. The van der Waals surface area contributed by atoms with Crippen molar-refractivity contribution in [1.29, 1.82) is 0 Å². The number of carbonyl (C=O) groups is 2. The minimum Gasteiger partial charge on any atom is -0.481 e. The Balaban J connectivity index is 2.43. The largest absolute Gasteiger partial charge is 0.481 e. The number of aryl methyl sites for hydroxylation is 2. The van der Waals surface area contributed by atoms with Crippen molar-refractivity contribution in [2.45, 2.75) is 33.1 Å². The topological polar surface area (TPSA) is 86.3 Å². The normalized spacial score (nSPS) is 10.4. The van der Waals surface area contributed by atoms with E-state index in [-0.39, 0.29) is 18.9 Å². The predicted octanol–water partition coefficient (Wildman–Crippen LogP) is 0.892. The molecule has 0 aliphatic heterocycles. The molecule has 0 aliphatic rings. The summed E-state index contributed by atoms with van der Waals surface area (Å²) in [6.07, 6.45) is 0.980. The first-order chi connectivity index (χ1) is 8.41. The molecule has 1 amide bonds. The third-order valence-electron chi connectivity index (χ3n) is 2.96. The summed E-state index contributed by atoms with van der Waals surface area (Å²) in [5, 5.41) is 15.5. The van der Waals surface area contributed by atoms with Crippen LogP contribution >= 0.6 is 0 Å². The number of hydrogen-bond acceptors (Lipinski definition) is 3. The molecule has 0 unspecified atom stereocenters. The van der Waals surface area contributed by atoms with Crippen LogP contribution in [0.3, 0.4) is 0 Å². The zero-order valence-corrected chi connectivity index (χ0v) is 11.0. The van der Waals surface area contributed by atoms with Crippen LogP contribution in [0.5, 0.6) is 0 Å². The molecule has 0 aliphatic carbocycles. The second-order valence-electron chi connectivity index (χ2n) is 4.37. The average molecular weight is 253 g/mol. The minimum absolute atomic E-state index is 0.0218. The van der Waals surface area contributed by atoms with Gasteiger partial charge in [0, 0.05) is 25.7 Å². The number of amides is 1. The van der Waals surface area contributed by atoms with E-state index in [1.807, 2.05) is 13.8 Å². The number of carboxylic acids is 1. The van der Waals surface area contributed by atoms with Gasteiger partial charge in [-0.3, -0.25) is 14.7 Å². The molecule has 0 radical (unpaired) electrons. The Kier molecular flexibility index (Phi) is 4.88. The highest BCUT2D eigenvalue weighted by molar-refractivity contribution is 5.77. The zero-order chi connectivity index (χ0) is 13.7. The lowest BCUT2D eigenvalue weighted by Gasteiger charge is -2.15. The Hall–Kier alpha value is -1.85. The fraction of sp³-hybridized carbons (Fsp3) is 0.583. The van der Waals surface area contributed by atoms with Crippen molar-refractivity contribution < 1.29 is 14.7 Å². The molecule has 1 aromatic heterocycles. The molecule has 0 aromatic carbocycles. The number of carboxylic acid groups (broad SMARTS) is 1. The van der Waals surface area contributed by atoms with Gasteiger partial charge in [0.2, 0.25) is 5.91 Å². The maximum atomic E-state index is 11.8. The van der Waals surface area contributed by atoms with E-state index in [1.165, 1.54) is 4.90 Å². The highest BCUT2D eigenvalue weighted by Crippen LogP contribution is 2.12. The van der Waals surface area contributed by atoms with Gasteiger partial charge in [-0.15, -0.1) is 0 Å². The van der Waals surface area contributed by atoms with Crippen LogP contribution in [0.25, 0.3) is 0 Å². The number of rotatable bonds is 6. The van der Waals surface area contributed by atoms with E-state index < -0.39 is 5.97 Å². The lowest BCUT2D eigenvalue weighted by atomic mass is 10.1. The summed E-state index contributed by atoms with van der Waals surface area (Å²) >= 11 is 0. The van der Waals surface area contributed by atoms with Crippen LogP contribution in [0.15, 0.2) is 0 Å². The molecule has 0 spiro atoms. The van der Waals surface area contributed by atoms with Crippen molar-refractivity contribution in [2.24, 2.45) is 0 Å². The lowest BCUT2D eigenvalue weighted by molar-refractivity contribution is -0.138. The summed E-state index contributed by atoms with van der Waals surface area (Å²) in [6.45, 7) is 4.07. The number of aromatic amines is 1. The summed E-state index contributed by atoms with van der Waals surface area (Å²) in [7, 11) is 1.63. The van der Waals surface area contributed by atoms with Gasteiger partial charge in [-0.25, -0.2) is 0 Å². The van der Waals surface area contributed by atoms with Crippen molar-refractivity contribution in [3.8, 4) is 0 Å². The molecule has 0 bridgehead atoms. The lowest BCUT2D eigenvalue weighted by Crippen LogP contribution is -2.29.